The summed E-state index contributed by atoms with van der Waals surface area (Å²) in [6.45, 7) is 4.06. The molecule has 2 heterocycles. The van der Waals surface area contributed by atoms with Gasteiger partial charge in [0.1, 0.15) is 10.8 Å². The van der Waals surface area contributed by atoms with Gasteiger partial charge in [-0.05, 0) is 43.2 Å². The normalized spacial score (nSPS) is 10.8. The molecule has 0 aliphatic heterocycles. The Morgan fingerprint density at radius 2 is 2.05 bits per heavy atom. The molecule has 0 saturated heterocycles. The molecule has 0 aliphatic carbocycles. The van der Waals surface area contributed by atoms with Gasteiger partial charge in [0.25, 0.3) is 5.91 Å². The maximum atomic E-state index is 12.1. The molecule has 3 aromatic rings. The van der Waals surface area contributed by atoms with Crippen LogP contribution in [0, 0.1) is 13.8 Å². The molecule has 1 amide bonds. The average Bonchev–Trinajstić information content (AvgIpc) is 2.81. The third-order valence-corrected chi connectivity index (χ3v) is 4.13. The summed E-state index contributed by atoms with van der Waals surface area (Å²) in [6, 6.07) is 9.07. The molecule has 106 valence electrons. The highest BCUT2D eigenvalue weighted by atomic mass is 35.5. The number of carbonyl (C=O) groups is 1. The number of halogens is 1. The van der Waals surface area contributed by atoms with Crippen molar-refractivity contribution in [2.75, 3.05) is 5.32 Å². The minimum Gasteiger partial charge on any atom is -0.296 e. The van der Waals surface area contributed by atoms with Gasteiger partial charge in [-0.2, -0.15) is 0 Å². The molecule has 1 aromatic carbocycles. The summed E-state index contributed by atoms with van der Waals surface area (Å²) in [4.78, 5) is 20.6. The Morgan fingerprint density at radius 1 is 1.24 bits per heavy atom. The minimum atomic E-state index is -0.314. The highest BCUT2D eigenvalue weighted by Crippen LogP contribution is 2.29. The van der Waals surface area contributed by atoms with E-state index in [0.717, 1.165) is 15.8 Å². The molecular formula is C15H12ClN3OS. The van der Waals surface area contributed by atoms with Gasteiger partial charge in [-0.25, -0.2) is 9.97 Å². The monoisotopic (exact) mass is 317 g/mol. The van der Waals surface area contributed by atoms with E-state index in [-0.39, 0.29) is 11.6 Å². The first-order valence-corrected chi connectivity index (χ1v) is 7.54. The molecule has 1 N–H and O–H groups in total. The minimum absolute atomic E-state index is 0.273. The van der Waals surface area contributed by atoms with E-state index in [1.807, 2.05) is 13.8 Å². The van der Waals surface area contributed by atoms with Gasteiger partial charge in [-0.1, -0.05) is 35.1 Å². The van der Waals surface area contributed by atoms with Crippen molar-refractivity contribution >= 4 is 44.2 Å². The smallest absolute Gasteiger partial charge is 0.276 e. The standard InChI is InChI=1S/C15H12ClN3OS/c1-8-6-9(2)13-11(7-8)21-15(18-13)19-14(20)10-4-3-5-12(16)17-10/h3-7H,1-2H3,(H,18,19,20). The first-order chi connectivity index (χ1) is 10.0. The Kier molecular flexibility index (Phi) is 3.61. The Labute approximate surface area is 130 Å². The van der Waals surface area contributed by atoms with Crippen molar-refractivity contribution < 1.29 is 4.79 Å². The molecule has 0 radical (unpaired) electrons. The van der Waals surface area contributed by atoms with Gasteiger partial charge in [0.15, 0.2) is 5.13 Å². The van der Waals surface area contributed by atoms with Crippen LogP contribution in [0.25, 0.3) is 10.2 Å². The SMILES string of the molecule is Cc1cc(C)c2nc(NC(=O)c3cccc(Cl)n3)sc2c1. The quantitative estimate of drug-likeness (QED) is 0.720. The molecule has 4 nitrogen and oxygen atoms in total. The third-order valence-electron chi connectivity index (χ3n) is 3.00. The molecule has 21 heavy (non-hydrogen) atoms. The predicted octanol–water partition coefficient (Wildman–Crippen LogP) is 4.21. The first kappa shape index (κ1) is 14.0. The number of carbonyl (C=O) groups excluding carboxylic acids is 1. The number of hydrogen-bond donors (Lipinski definition) is 1. The number of nitrogens with one attached hydrogen (secondary N) is 1. The van der Waals surface area contributed by atoms with E-state index in [1.54, 1.807) is 18.2 Å². The molecule has 0 bridgehead atoms. The highest BCUT2D eigenvalue weighted by molar-refractivity contribution is 7.22. The molecular weight excluding hydrogens is 306 g/mol. The van der Waals surface area contributed by atoms with Crippen molar-refractivity contribution in [1.29, 1.82) is 0 Å². The maximum absolute atomic E-state index is 12.1. The number of nitrogens with zero attached hydrogens (tertiary/aromatic N) is 2. The number of hydrogen-bond acceptors (Lipinski definition) is 4. The lowest BCUT2D eigenvalue weighted by molar-refractivity contribution is 0.102. The van der Waals surface area contributed by atoms with Crippen LogP contribution in [0.5, 0.6) is 0 Å². The van der Waals surface area contributed by atoms with Crippen LogP contribution < -0.4 is 5.32 Å². The van der Waals surface area contributed by atoms with E-state index in [1.165, 1.54) is 16.9 Å². The number of aryl methyl sites for hydroxylation is 2. The van der Waals surface area contributed by atoms with Gasteiger partial charge in [0, 0.05) is 0 Å². The second-order valence-electron chi connectivity index (χ2n) is 4.75. The van der Waals surface area contributed by atoms with E-state index in [2.05, 4.69) is 27.4 Å². The van der Waals surface area contributed by atoms with E-state index in [9.17, 15) is 4.79 Å². The van der Waals surface area contributed by atoms with Crippen LogP contribution in [-0.4, -0.2) is 15.9 Å². The summed E-state index contributed by atoms with van der Waals surface area (Å²) in [7, 11) is 0. The van der Waals surface area contributed by atoms with Crippen molar-refractivity contribution in [3.05, 3.63) is 52.3 Å². The van der Waals surface area contributed by atoms with Gasteiger partial charge in [0.05, 0.1) is 10.2 Å². The zero-order valence-corrected chi connectivity index (χ0v) is 13.0. The molecule has 0 saturated carbocycles. The van der Waals surface area contributed by atoms with E-state index >= 15 is 0 Å². The van der Waals surface area contributed by atoms with Crippen LogP contribution >= 0.6 is 22.9 Å². The predicted molar refractivity (Wildman–Crippen MR) is 86.3 cm³/mol. The molecule has 0 atom stereocenters. The highest BCUT2D eigenvalue weighted by Gasteiger charge is 2.12. The number of aromatic nitrogens is 2. The van der Waals surface area contributed by atoms with Gasteiger partial charge in [-0.15, -0.1) is 0 Å². The van der Waals surface area contributed by atoms with Crippen LogP contribution in [0.4, 0.5) is 5.13 Å². The Balaban J connectivity index is 1.91. The fourth-order valence-electron chi connectivity index (χ4n) is 2.12. The van der Waals surface area contributed by atoms with Crippen molar-refractivity contribution in [1.82, 2.24) is 9.97 Å². The Bertz CT molecular complexity index is 844. The summed E-state index contributed by atoms with van der Waals surface area (Å²) in [5.74, 6) is -0.314. The number of amides is 1. The second kappa shape index (κ2) is 5.42. The van der Waals surface area contributed by atoms with Crippen LogP contribution in [0.3, 0.4) is 0 Å². The van der Waals surface area contributed by atoms with Gasteiger partial charge >= 0.3 is 0 Å². The van der Waals surface area contributed by atoms with E-state index < -0.39 is 0 Å². The van der Waals surface area contributed by atoms with E-state index in [4.69, 9.17) is 11.6 Å². The zero-order valence-electron chi connectivity index (χ0n) is 11.5. The number of anilines is 1. The summed E-state index contributed by atoms with van der Waals surface area (Å²) < 4.78 is 1.06. The third kappa shape index (κ3) is 2.89. The first-order valence-electron chi connectivity index (χ1n) is 6.34. The second-order valence-corrected chi connectivity index (χ2v) is 6.17. The number of thiazole rings is 1. The van der Waals surface area contributed by atoms with Crippen LogP contribution in [-0.2, 0) is 0 Å². The van der Waals surface area contributed by atoms with Crippen molar-refractivity contribution in [3.8, 4) is 0 Å². The number of pyridine rings is 1. The summed E-state index contributed by atoms with van der Waals surface area (Å²) in [5.41, 5.74) is 3.47. The number of benzene rings is 1. The topological polar surface area (TPSA) is 54.9 Å². The maximum Gasteiger partial charge on any atom is 0.276 e. The molecule has 0 unspecified atom stereocenters. The van der Waals surface area contributed by atoms with Crippen molar-refractivity contribution in [3.63, 3.8) is 0 Å². The molecule has 0 aliphatic rings. The average molecular weight is 318 g/mol. The molecule has 6 heteroatoms. The summed E-state index contributed by atoms with van der Waals surface area (Å²) in [6.07, 6.45) is 0. The van der Waals surface area contributed by atoms with Crippen molar-refractivity contribution in [2.24, 2.45) is 0 Å². The molecule has 2 aromatic heterocycles. The number of fused-ring (bicyclic) bond motifs is 1. The Hall–Kier alpha value is -1.98. The van der Waals surface area contributed by atoms with Crippen LogP contribution in [0.15, 0.2) is 30.3 Å². The number of rotatable bonds is 2. The lowest BCUT2D eigenvalue weighted by Crippen LogP contribution is -2.13. The summed E-state index contributed by atoms with van der Waals surface area (Å²) in [5, 5.41) is 3.62. The largest absolute Gasteiger partial charge is 0.296 e. The molecule has 3 rings (SSSR count). The van der Waals surface area contributed by atoms with Crippen molar-refractivity contribution in [2.45, 2.75) is 13.8 Å². The Morgan fingerprint density at radius 3 is 2.81 bits per heavy atom. The van der Waals surface area contributed by atoms with Gasteiger partial charge in [-0.3, -0.25) is 10.1 Å². The molecule has 0 fully saturated rings. The lowest BCUT2D eigenvalue weighted by atomic mass is 10.1. The van der Waals surface area contributed by atoms with Crippen LogP contribution in [0.1, 0.15) is 21.6 Å². The fourth-order valence-corrected chi connectivity index (χ4v) is 3.32. The van der Waals surface area contributed by atoms with Crippen LogP contribution in [0.2, 0.25) is 5.15 Å². The summed E-state index contributed by atoms with van der Waals surface area (Å²) >= 11 is 7.24. The zero-order chi connectivity index (χ0) is 15.0. The fraction of sp³-hybridized carbons (Fsp3) is 0.133. The van der Waals surface area contributed by atoms with Gasteiger partial charge in [0.2, 0.25) is 0 Å². The van der Waals surface area contributed by atoms with Gasteiger partial charge < -0.3 is 0 Å². The lowest BCUT2D eigenvalue weighted by Gasteiger charge is -2.00. The van der Waals surface area contributed by atoms with E-state index in [0.29, 0.717) is 10.3 Å². The molecule has 0 spiro atoms.